The number of fused-ring (bicyclic) bond motifs is 9. The summed E-state index contributed by atoms with van der Waals surface area (Å²) in [5, 5.41) is 18.1. The third kappa shape index (κ3) is 5.47. The van der Waals surface area contributed by atoms with Gasteiger partial charge in [0, 0.05) is 21.8 Å². The van der Waals surface area contributed by atoms with E-state index in [1.165, 1.54) is 98.8 Å². The van der Waals surface area contributed by atoms with E-state index in [4.69, 9.17) is 0 Å². The highest BCUT2D eigenvalue weighted by Gasteiger charge is 2.30. The first-order valence-electron chi connectivity index (χ1n) is 20.5. The van der Waals surface area contributed by atoms with Crippen molar-refractivity contribution in [2.45, 2.75) is 12.2 Å². The summed E-state index contributed by atoms with van der Waals surface area (Å²) in [7, 11) is 0. The lowest BCUT2D eigenvalue weighted by Crippen LogP contribution is -2.37. The van der Waals surface area contributed by atoms with Crippen LogP contribution in [0.5, 0.6) is 0 Å². The molecule has 0 saturated heterocycles. The quantitative estimate of drug-likeness (QED) is 0.183. The Morgan fingerprint density at radius 3 is 1.56 bits per heavy atom. The van der Waals surface area contributed by atoms with Gasteiger partial charge in [-0.2, -0.15) is 0 Å². The van der Waals surface area contributed by atoms with Crippen LogP contribution in [0.3, 0.4) is 0 Å². The molecule has 0 saturated carbocycles. The first-order chi connectivity index (χ1) is 29.3. The first kappa shape index (κ1) is 33.7. The van der Waals surface area contributed by atoms with Crippen LogP contribution in [0.2, 0.25) is 0 Å². The molecule has 0 radical (unpaired) electrons. The lowest BCUT2D eigenvalue weighted by molar-refractivity contribution is 0.509. The van der Waals surface area contributed by atoms with Gasteiger partial charge in [-0.25, -0.2) is 0 Å². The molecule has 3 heteroatoms. The number of benzene rings is 10. The second-order valence-electron chi connectivity index (χ2n) is 15.8. The van der Waals surface area contributed by atoms with Crippen LogP contribution in [0.15, 0.2) is 212 Å². The summed E-state index contributed by atoms with van der Waals surface area (Å²) in [4.78, 5) is 0. The first-order valence-corrected chi connectivity index (χ1v) is 20.5. The summed E-state index contributed by atoms with van der Waals surface area (Å²) < 4.78 is 2.50. The molecule has 59 heavy (non-hydrogen) atoms. The van der Waals surface area contributed by atoms with E-state index < -0.39 is 0 Å². The Bertz CT molecular complexity index is 3250. The Balaban J connectivity index is 1.04. The Morgan fingerprint density at radius 2 is 0.898 bits per heavy atom. The Hall–Kier alpha value is -7.46. The normalized spacial score (nSPS) is 15.2. The maximum absolute atomic E-state index is 4.13. The summed E-state index contributed by atoms with van der Waals surface area (Å²) in [6.07, 6.45) is -0.152. The zero-order chi connectivity index (χ0) is 38.9. The third-order valence-electron chi connectivity index (χ3n) is 12.4. The molecule has 0 fully saturated rings. The fourth-order valence-electron chi connectivity index (χ4n) is 9.76. The average Bonchev–Trinajstić information content (AvgIpc) is 3.66. The summed E-state index contributed by atoms with van der Waals surface area (Å²) in [5.74, 6) is 0. The topological polar surface area (TPSA) is 29.0 Å². The average molecular weight is 754 g/mol. The molecule has 3 nitrogen and oxygen atoms in total. The predicted molar refractivity (Wildman–Crippen MR) is 248 cm³/mol. The van der Waals surface area contributed by atoms with Crippen LogP contribution in [-0.2, 0) is 0 Å². The van der Waals surface area contributed by atoms with Gasteiger partial charge in [-0.05, 0) is 108 Å². The van der Waals surface area contributed by atoms with Crippen LogP contribution >= 0.6 is 0 Å². The van der Waals surface area contributed by atoms with Gasteiger partial charge in [-0.15, -0.1) is 0 Å². The molecule has 2 N–H and O–H groups in total. The lowest BCUT2D eigenvalue weighted by atomic mass is 9.88. The second-order valence-corrected chi connectivity index (χ2v) is 15.8. The zero-order valence-corrected chi connectivity index (χ0v) is 32.3. The van der Waals surface area contributed by atoms with Gasteiger partial charge in [0.15, 0.2) is 0 Å². The van der Waals surface area contributed by atoms with E-state index in [2.05, 4.69) is 228 Å². The van der Waals surface area contributed by atoms with E-state index in [0.717, 1.165) is 5.69 Å². The van der Waals surface area contributed by atoms with Gasteiger partial charge in [0.1, 0.15) is 6.17 Å². The van der Waals surface area contributed by atoms with Gasteiger partial charge in [-0.1, -0.05) is 170 Å². The number of nitrogens with zero attached hydrogens (tertiary/aromatic N) is 1. The van der Waals surface area contributed by atoms with Crippen LogP contribution in [0.25, 0.3) is 82.1 Å². The van der Waals surface area contributed by atoms with Crippen molar-refractivity contribution in [3.8, 4) is 27.9 Å². The van der Waals surface area contributed by atoms with Crippen molar-refractivity contribution in [2.24, 2.45) is 0 Å². The van der Waals surface area contributed by atoms with Crippen molar-refractivity contribution in [3.63, 3.8) is 0 Å². The maximum Gasteiger partial charge on any atom is 0.105 e. The lowest BCUT2D eigenvalue weighted by Gasteiger charge is -2.36. The predicted octanol–water partition coefficient (Wildman–Crippen LogP) is 14.4. The Labute approximate surface area is 342 Å². The molecule has 278 valence electrons. The number of nitrogens with one attached hydrogen (secondary N) is 2. The van der Waals surface area contributed by atoms with Crippen LogP contribution in [0.4, 0.5) is 5.69 Å². The summed E-state index contributed by atoms with van der Waals surface area (Å²) in [6.45, 7) is 0. The molecule has 1 aliphatic rings. The number of aromatic nitrogens is 1. The molecule has 1 aliphatic heterocycles. The molecule has 10 aromatic carbocycles. The standard InChI is InChI=1S/C56H39N3/c1-3-15-36(16-4-1)40-33-41(37-17-5-2-6-18-37)35-42(34-40)55-48-23-11-12-27-49(48)57-56(58-55)47-26-13-25-46-45(47)24-14-28-50(46)59-51-31-29-38-19-7-9-21-43(38)53(51)54-44-22-10-8-20-39(44)30-32-52(54)59/h1-35,55-58H. The van der Waals surface area contributed by atoms with E-state index in [9.17, 15) is 0 Å². The van der Waals surface area contributed by atoms with Gasteiger partial charge in [0.2, 0.25) is 0 Å². The van der Waals surface area contributed by atoms with Crippen LogP contribution < -0.4 is 10.6 Å². The highest BCUT2D eigenvalue weighted by molar-refractivity contribution is 6.28. The van der Waals surface area contributed by atoms with Gasteiger partial charge < -0.3 is 9.88 Å². The highest BCUT2D eigenvalue weighted by Crippen LogP contribution is 2.44. The number of hydrogen-bond donors (Lipinski definition) is 2. The molecular weight excluding hydrogens is 715 g/mol. The minimum absolute atomic E-state index is 0.0547. The van der Waals surface area contributed by atoms with Crippen molar-refractivity contribution < 1.29 is 0 Å². The molecular formula is C56H39N3. The molecule has 0 spiro atoms. The number of anilines is 1. The largest absolute Gasteiger partial charge is 0.366 e. The molecule has 11 aromatic rings. The molecule has 2 heterocycles. The smallest absolute Gasteiger partial charge is 0.105 e. The molecule has 1 aromatic heterocycles. The molecule has 2 unspecified atom stereocenters. The van der Waals surface area contributed by atoms with Gasteiger partial charge in [0.05, 0.1) is 22.8 Å². The Kier molecular flexibility index (Phi) is 7.75. The molecule has 0 aliphatic carbocycles. The highest BCUT2D eigenvalue weighted by atomic mass is 15.2. The SMILES string of the molecule is c1ccc(-c2cc(-c3ccccc3)cc(C3NC(c4cccc5c(-n6c7ccc8ccccc8c7c7c8ccccc8ccc76)cccc45)Nc4ccccc43)c2)cc1. The number of hydrogen-bond acceptors (Lipinski definition) is 2. The van der Waals surface area contributed by atoms with Crippen molar-refractivity contribution in [3.05, 3.63) is 229 Å². The maximum atomic E-state index is 4.13. The monoisotopic (exact) mass is 753 g/mol. The van der Waals surface area contributed by atoms with Gasteiger partial charge in [0.25, 0.3) is 0 Å². The van der Waals surface area contributed by atoms with Crippen molar-refractivity contribution >= 4 is 59.8 Å². The summed E-state index contributed by atoms with van der Waals surface area (Å²) in [5.41, 5.74) is 13.2. The molecule has 0 bridgehead atoms. The van der Waals surface area contributed by atoms with Gasteiger partial charge in [-0.3, -0.25) is 5.32 Å². The van der Waals surface area contributed by atoms with E-state index in [0.29, 0.717) is 0 Å². The van der Waals surface area contributed by atoms with Crippen molar-refractivity contribution in [1.29, 1.82) is 0 Å². The van der Waals surface area contributed by atoms with E-state index >= 15 is 0 Å². The Morgan fingerprint density at radius 1 is 0.373 bits per heavy atom. The minimum atomic E-state index is -0.152. The fraction of sp³-hybridized carbons (Fsp3) is 0.0357. The summed E-state index contributed by atoms with van der Waals surface area (Å²) >= 11 is 0. The van der Waals surface area contributed by atoms with Crippen molar-refractivity contribution in [1.82, 2.24) is 9.88 Å². The minimum Gasteiger partial charge on any atom is -0.366 e. The second kappa shape index (κ2) is 13.6. The van der Waals surface area contributed by atoms with Crippen molar-refractivity contribution in [2.75, 3.05) is 5.32 Å². The summed E-state index contributed by atoms with van der Waals surface area (Å²) in [6, 6.07) is 77.6. The third-order valence-corrected chi connectivity index (χ3v) is 12.4. The fourth-order valence-corrected chi connectivity index (χ4v) is 9.76. The zero-order valence-electron chi connectivity index (χ0n) is 32.3. The number of para-hydroxylation sites is 1. The van der Waals surface area contributed by atoms with Crippen LogP contribution in [-0.4, -0.2) is 4.57 Å². The van der Waals surface area contributed by atoms with E-state index in [1.54, 1.807) is 0 Å². The van der Waals surface area contributed by atoms with E-state index in [-0.39, 0.29) is 12.2 Å². The van der Waals surface area contributed by atoms with E-state index in [1.807, 2.05) is 0 Å². The molecule has 2 atom stereocenters. The van der Waals surface area contributed by atoms with Crippen LogP contribution in [0, 0.1) is 0 Å². The molecule has 0 amide bonds. The van der Waals surface area contributed by atoms with Crippen LogP contribution in [0.1, 0.15) is 28.9 Å². The van der Waals surface area contributed by atoms with Gasteiger partial charge >= 0.3 is 0 Å². The number of rotatable bonds is 5. The molecule has 12 rings (SSSR count).